The molecule has 0 spiro atoms. The van der Waals surface area contributed by atoms with Gasteiger partial charge in [0, 0.05) is 32.4 Å². The number of carbonyl (C=O) groups excluding carboxylic acids is 1. The zero-order chi connectivity index (χ0) is 15.6. The van der Waals surface area contributed by atoms with E-state index in [9.17, 15) is 4.79 Å². The molecule has 6 nitrogen and oxygen atoms in total. The van der Waals surface area contributed by atoms with Crippen molar-refractivity contribution >= 4 is 17.5 Å². The number of nitrogens with zero attached hydrogens (tertiary/aromatic N) is 5. The van der Waals surface area contributed by atoms with Crippen molar-refractivity contribution in [3.05, 3.63) is 24.4 Å². The summed E-state index contributed by atoms with van der Waals surface area (Å²) >= 11 is 0. The van der Waals surface area contributed by atoms with Gasteiger partial charge in [-0.15, -0.1) is 10.2 Å². The minimum absolute atomic E-state index is 0.0953. The zero-order valence-electron chi connectivity index (χ0n) is 13.4. The van der Waals surface area contributed by atoms with Crippen LogP contribution in [0.1, 0.15) is 32.1 Å². The molecule has 0 saturated carbocycles. The third kappa shape index (κ3) is 2.78. The van der Waals surface area contributed by atoms with Gasteiger partial charge in [0.1, 0.15) is 0 Å². The van der Waals surface area contributed by atoms with Crippen molar-refractivity contribution in [1.82, 2.24) is 19.5 Å². The van der Waals surface area contributed by atoms with E-state index in [-0.39, 0.29) is 5.92 Å². The molecule has 0 aromatic carbocycles. The van der Waals surface area contributed by atoms with Gasteiger partial charge in [0.2, 0.25) is 11.9 Å². The number of aromatic nitrogens is 3. The lowest BCUT2D eigenvalue weighted by molar-refractivity contribution is -0.136. The summed E-state index contributed by atoms with van der Waals surface area (Å²) in [5.41, 5.74) is 0.854. The first-order chi connectivity index (χ1) is 11.3. The fourth-order valence-corrected chi connectivity index (χ4v) is 3.78. The molecule has 2 aromatic heterocycles. The normalized spacial score (nSPS) is 22.5. The maximum atomic E-state index is 12.8. The Labute approximate surface area is 136 Å². The van der Waals surface area contributed by atoms with Gasteiger partial charge in [-0.3, -0.25) is 9.20 Å². The molecule has 0 bridgehead atoms. The molecule has 2 saturated heterocycles. The first kappa shape index (κ1) is 14.5. The summed E-state index contributed by atoms with van der Waals surface area (Å²) in [5, 5.41) is 8.57. The maximum absolute atomic E-state index is 12.8. The summed E-state index contributed by atoms with van der Waals surface area (Å²) in [4.78, 5) is 17.1. The molecular weight excluding hydrogens is 290 g/mol. The van der Waals surface area contributed by atoms with Gasteiger partial charge in [-0.25, -0.2) is 0 Å². The highest BCUT2D eigenvalue weighted by Crippen LogP contribution is 2.24. The van der Waals surface area contributed by atoms with Crippen LogP contribution in [0.2, 0.25) is 0 Å². The van der Waals surface area contributed by atoms with Gasteiger partial charge >= 0.3 is 0 Å². The van der Waals surface area contributed by atoms with Crippen LogP contribution < -0.4 is 4.90 Å². The van der Waals surface area contributed by atoms with Crippen LogP contribution in [0.25, 0.3) is 5.65 Å². The lowest BCUT2D eigenvalue weighted by Crippen LogP contribution is -2.46. The molecule has 0 aliphatic carbocycles. The second-order valence-electron chi connectivity index (χ2n) is 6.60. The standard InChI is InChI=1S/C17H23N5O/c23-16(20-9-3-1-4-10-20)14-7-6-11-21(13-14)17-19-18-15-8-2-5-12-22(15)17/h2,5,8,12,14H,1,3-4,6-7,9-11,13H2. The topological polar surface area (TPSA) is 53.7 Å². The molecule has 2 aromatic rings. The van der Waals surface area contributed by atoms with Crippen LogP contribution in [-0.2, 0) is 4.79 Å². The van der Waals surface area contributed by atoms with Crippen molar-refractivity contribution in [2.24, 2.45) is 5.92 Å². The van der Waals surface area contributed by atoms with Crippen molar-refractivity contribution < 1.29 is 4.79 Å². The van der Waals surface area contributed by atoms with Crippen LogP contribution in [0, 0.1) is 5.92 Å². The van der Waals surface area contributed by atoms with E-state index in [2.05, 4.69) is 20.0 Å². The molecule has 4 rings (SSSR count). The van der Waals surface area contributed by atoms with Crippen molar-refractivity contribution in [2.45, 2.75) is 32.1 Å². The van der Waals surface area contributed by atoms with E-state index in [1.807, 2.05) is 28.8 Å². The fraction of sp³-hybridized carbons (Fsp3) is 0.588. The van der Waals surface area contributed by atoms with Crippen LogP contribution in [0.4, 0.5) is 5.95 Å². The Morgan fingerprint density at radius 1 is 1.04 bits per heavy atom. The number of amides is 1. The lowest BCUT2D eigenvalue weighted by atomic mass is 9.95. The first-order valence-electron chi connectivity index (χ1n) is 8.66. The third-order valence-electron chi connectivity index (χ3n) is 5.02. The van der Waals surface area contributed by atoms with Gasteiger partial charge in [-0.2, -0.15) is 0 Å². The van der Waals surface area contributed by atoms with E-state index < -0.39 is 0 Å². The Bertz CT molecular complexity index is 691. The number of piperidine rings is 2. The monoisotopic (exact) mass is 313 g/mol. The average molecular weight is 313 g/mol. The van der Waals surface area contributed by atoms with Gasteiger partial charge in [0.05, 0.1) is 5.92 Å². The molecule has 2 aliphatic rings. The van der Waals surface area contributed by atoms with Crippen LogP contribution in [0.5, 0.6) is 0 Å². The quantitative estimate of drug-likeness (QED) is 0.850. The van der Waals surface area contributed by atoms with Crippen LogP contribution in [-0.4, -0.2) is 51.6 Å². The Kier molecular flexibility index (Phi) is 3.89. The molecule has 4 heterocycles. The SMILES string of the molecule is O=C(C1CCCN(c2nnc3ccccn23)C1)N1CCCCC1. The molecule has 0 radical (unpaired) electrons. The van der Waals surface area contributed by atoms with Gasteiger partial charge in [0.25, 0.3) is 0 Å². The van der Waals surface area contributed by atoms with Crippen LogP contribution in [0.15, 0.2) is 24.4 Å². The molecule has 1 amide bonds. The number of anilines is 1. The van der Waals surface area contributed by atoms with Crippen molar-refractivity contribution in [2.75, 3.05) is 31.1 Å². The summed E-state index contributed by atoms with van der Waals surface area (Å²) in [5.74, 6) is 1.29. The number of fused-ring (bicyclic) bond motifs is 1. The molecule has 6 heteroatoms. The Morgan fingerprint density at radius 2 is 1.91 bits per heavy atom. The van der Waals surface area contributed by atoms with E-state index in [0.29, 0.717) is 5.91 Å². The number of pyridine rings is 1. The van der Waals surface area contributed by atoms with E-state index >= 15 is 0 Å². The van der Waals surface area contributed by atoms with Gasteiger partial charge in [-0.1, -0.05) is 6.07 Å². The highest BCUT2D eigenvalue weighted by atomic mass is 16.2. The van der Waals surface area contributed by atoms with Gasteiger partial charge < -0.3 is 9.80 Å². The third-order valence-corrected chi connectivity index (χ3v) is 5.02. The minimum Gasteiger partial charge on any atom is -0.342 e. The van der Waals surface area contributed by atoms with Crippen molar-refractivity contribution in [1.29, 1.82) is 0 Å². The molecule has 23 heavy (non-hydrogen) atoms. The predicted octanol–water partition coefficient (Wildman–Crippen LogP) is 1.96. The van der Waals surface area contributed by atoms with Gasteiger partial charge in [0.15, 0.2) is 5.65 Å². The first-order valence-corrected chi connectivity index (χ1v) is 8.66. The summed E-state index contributed by atoms with van der Waals surface area (Å²) in [6.45, 7) is 3.57. The average Bonchev–Trinajstić information content (AvgIpc) is 3.06. The van der Waals surface area contributed by atoms with Crippen LogP contribution in [0.3, 0.4) is 0 Å². The highest BCUT2D eigenvalue weighted by molar-refractivity contribution is 5.79. The molecular formula is C17H23N5O. The lowest BCUT2D eigenvalue weighted by Gasteiger charge is -2.36. The van der Waals surface area contributed by atoms with Crippen molar-refractivity contribution in [3.63, 3.8) is 0 Å². The maximum Gasteiger partial charge on any atom is 0.231 e. The van der Waals surface area contributed by atoms with E-state index in [4.69, 9.17) is 0 Å². The van der Waals surface area contributed by atoms with E-state index in [1.165, 1.54) is 6.42 Å². The number of hydrogen-bond acceptors (Lipinski definition) is 4. The molecule has 0 N–H and O–H groups in total. The molecule has 1 unspecified atom stereocenters. The highest BCUT2D eigenvalue weighted by Gasteiger charge is 2.31. The van der Waals surface area contributed by atoms with Crippen molar-refractivity contribution in [3.8, 4) is 0 Å². The number of rotatable bonds is 2. The molecule has 2 fully saturated rings. The number of carbonyl (C=O) groups is 1. The second kappa shape index (κ2) is 6.18. The van der Waals surface area contributed by atoms with Crippen LogP contribution >= 0.6 is 0 Å². The molecule has 122 valence electrons. The number of hydrogen-bond donors (Lipinski definition) is 0. The fourth-order valence-electron chi connectivity index (χ4n) is 3.78. The molecule has 1 atom stereocenters. The second-order valence-corrected chi connectivity index (χ2v) is 6.60. The largest absolute Gasteiger partial charge is 0.342 e. The van der Waals surface area contributed by atoms with Gasteiger partial charge in [-0.05, 0) is 44.2 Å². The summed E-state index contributed by atoms with van der Waals surface area (Å²) in [6, 6.07) is 5.91. The smallest absolute Gasteiger partial charge is 0.231 e. The Morgan fingerprint density at radius 3 is 2.78 bits per heavy atom. The predicted molar refractivity (Wildman–Crippen MR) is 88.4 cm³/mol. The minimum atomic E-state index is 0.0953. The summed E-state index contributed by atoms with van der Waals surface area (Å²) in [7, 11) is 0. The summed E-state index contributed by atoms with van der Waals surface area (Å²) in [6.07, 6.45) is 7.57. The van der Waals surface area contributed by atoms with E-state index in [1.54, 1.807) is 0 Å². The number of likely N-dealkylation sites (tertiary alicyclic amines) is 1. The zero-order valence-corrected chi connectivity index (χ0v) is 13.4. The Balaban J connectivity index is 1.51. The summed E-state index contributed by atoms with van der Waals surface area (Å²) < 4.78 is 2.01. The van der Waals surface area contributed by atoms with E-state index in [0.717, 1.165) is 63.5 Å². The molecule has 2 aliphatic heterocycles. The Hall–Kier alpha value is -2.11.